The second-order valence-corrected chi connectivity index (χ2v) is 12.3. The van der Waals surface area contributed by atoms with Gasteiger partial charge in [0.1, 0.15) is 0 Å². The Morgan fingerprint density at radius 2 is 1.76 bits per heavy atom. The maximum atomic E-state index is 11.2. The molecule has 3 fully saturated rings. The van der Waals surface area contributed by atoms with Crippen LogP contribution in [0.5, 0.6) is 0 Å². The van der Waals surface area contributed by atoms with Crippen LogP contribution in [0.3, 0.4) is 0 Å². The van der Waals surface area contributed by atoms with Crippen LogP contribution in [0.1, 0.15) is 105 Å². The summed E-state index contributed by atoms with van der Waals surface area (Å²) < 4.78 is 0. The van der Waals surface area contributed by atoms with Crippen molar-refractivity contribution in [3.8, 4) is 0 Å². The molecule has 2 heteroatoms. The van der Waals surface area contributed by atoms with Crippen LogP contribution in [-0.2, 0) is 0 Å². The van der Waals surface area contributed by atoms with Gasteiger partial charge in [-0.2, -0.15) is 0 Å². The second kappa shape index (κ2) is 7.97. The number of fused-ring (bicyclic) bond motifs is 4. The molecule has 4 aliphatic rings. The number of hydrogen-bond acceptors (Lipinski definition) is 2. The molecular weight excluding hydrogens is 356 g/mol. The molecule has 0 saturated heterocycles. The van der Waals surface area contributed by atoms with Crippen molar-refractivity contribution >= 4 is 0 Å². The van der Waals surface area contributed by atoms with E-state index >= 15 is 0 Å². The molecule has 2 N–H and O–H groups in total. The summed E-state index contributed by atoms with van der Waals surface area (Å²) in [4.78, 5) is 0. The van der Waals surface area contributed by atoms with E-state index in [0.29, 0.717) is 11.3 Å². The highest BCUT2D eigenvalue weighted by molar-refractivity contribution is 5.34. The zero-order chi connectivity index (χ0) is 21.0. The summed E-state index contributed by atoms with van der Waals surface area (Å²) in [5, 5.41) is 21.5. The average molecular weight is 403 g/mol. The van der Waals surface area contributed by atoms with Crippen molar-refractivity contribution in [2.24, 2.45) is 40.4 Å². The number of allylic oxidation sites excluding steroid dienone is 1. The third-order valence-electron chi connectivity index (χ3n) is 10.2. The molecule has 4 rings (SSSR count). The molecule has 0 unspecified atom stereocenters. The van der Waals surface area contributed by atoms with Crippen LogP contribution >= 0.6 is 0 Å². The summed E-state index contributed by atoms with van der Waals surface area (Å²) in [5.41, 5.74) is 3.58. The molecule has 4 aliphatic carbocycles. The van der Waals surface area contributed by atoms with Crippen molar-refractivity contribution in [1.29, 1.82) is 0 Å². The largest absolute Gasteiger partial charge is 0.393 e. The first-order chi connectivity index (χ1) is 13.7. The van der Waals surface area contributed by atoms with Gasteiger partial charge in [-0.05, 0) is 86.4 Å². The van der Waals surface area contributed by atoms with Gasteiger partial charge in [0.15, 0.2) is 0 Å². The first-order valence-corrected chi connectivity index (χ1v) is 12.8. The smallest absolute Gasteiger partial charge is 0.0637 e. The minimum atomic E-state index is -0.272. The standard InChI is InChI=1S/C27H46O2/c1-17(2)7-6-8-18(3)22-11-12-24-21-15-25(29)27(5)16-19(28)9-10-23(27)20(21)13-14-26(22,24)4/h17-19,21-22,24-25,28-29H,6-16H2,1-5H3/t18-,19+,21-,22+,24+,25-,26-,27+/m1/s1. The minimum Gasteiger partial charge on any atom is -0.393 e. The molecule has 0 aromatic rings. The van der Waals surface area contributed by atoms with Gasteiger partial charge in [0.05, 0.1) is 12.2 Å². The topological polar surface area (TPSA) is 40.5 Å². The molecule has 0 aliphatic heterocycles. The van der Waals surface area contributed by atoms with Crippen molar-refractivity contribution in [2.75, 3.05) is 0 Å². The summed E-state index contributed by atoms with van der Waals surface area (Å²) in [6, 6.07) is 0. The normalized spacial score (nSPS) is 45.7. The molecule has 0 spiro atoms. The van der Waals surface area contributed by atoms with Crippen LogP contribution in [-0.4, -0.2) is 22.4 Å². The second-order valence-electron chi connectivity index (χ2n) is 12.3. The molecule has 29 heavy (non-hydrogen) atoms. The zero-order valence-corrected chi connectivity index (χ0v) is 19.7. The van der Waals surface area contributed by atoms with Gasteiger partial charge in [-0.15, -0.1) is 0 Å². The van der Waals surface area contributed by atoms with Crippen LogP contribution in [0, 0.1) is 40.4 Å². The Hall–Kier alpha value is -0.340. The van der Waals surface area contributed by atoms with E-state index in [1.54, 1.807) is 11.1 Å². The summed E-state index contributed by atoms with van der Waals surface area (Å²) in [6.07, 6.45) is 12.6. The molecule has 2 nitrogen and oxygen atoms in total. The van der Waals surface area contributed by atoms with Gasteiger partial charge in [-0.25, -0.2) is 0 Å². The Morgan fingerprint density at radius 3 is 2.48 bits per heavy atom. The van der Waals surface area contributed by atoms with Gasteiger partial charge in [0.2, 0.25) is 0 Å². The van der Waals surface area contributed by atoms with Crippen LogP contribution in [0.15, 0.2) is 11.1 Å². The lowest BCUT2D eigenvalue weighted by molar-refractivity contribution is -0.0455. The molecule has 0 aromatic heterocycles. The minimum absolute atomic E-state index is 0.167. The highest BCUT2D eigenvalue weighted by Gasteiger charge is 2.57. The average Bonchev–Trinajstić information content (AvgIpc) is 2.99. The van der Waals surface area contributed by atoms with Gasteiger partial charge >= 0.3 is 0 Å². The van der Waals surface area contributed by atoms with Gasteiger partial charge in [-0.3, -0.25) is 0 Å². The fraction of sp³-hybridized carbons (Fsp3) is 0.926. The Kier molecular flexibility index (Phi) is 6.01. The predicted molar refractivity (Wildman–Crippen MR) is 121 cm³/mol. The highest BCUT2D eigenvalue weighted by atomic mass is 16.3. The maximum absolute atomic E-state index is 11.2. The Bertz CT molecular complexity index is 636. The van der Waals surface area contributed by atoms with E-state index in [9.17, 15) is 10.2 Å². The molecule has 8 atom stereocenters. The van der Waals surface area contributed by atoms with E-state index in [-0.39, 0.29) is 17.6 Å². The summed E-state index contributed by atoms with van der Waals surface area (Å²) in [7, 11) is 0. The first-order valence-electron chi connectivity index (χ1n) is 12.8. The first kappa shape index (κ1) is 21.9. The molecule has 0 amide bonds. The van der Waals surface area contributed by atoms with E-state index in [1.807, 2.05) is 0 Å². The lowest BCUT2D eigenvalue weighted by Gasteiger charge is -2.55. The van der Waals surface area contributed by atoms with E-state index in [2.05, 4.69) is 34.6 Å². The number of hydrogen-bond donors (Lipinski definition) is 2. The molecule has 0 aromatic carbocycles. The maximum Gasteiger partial charge on any atom is 0.0637 e. The van der Waals surface area contributed by atoms with Crippen molar-refractivity contribution in [2.45, 2.75) is 117 Å². The van der Waals surface area contributed by atoms with Crippen LogP contribution in [0.2, 0.25) is 0 Å². The lowest BCUT2D eigenvalue weighted by Crippen LogP contribution is -2.50. The summed E-state index contributed by atoms with van der Waals surface area (Å²) in [6.45, 7) is 12.1. The molecule has 0 heterocycles. The molecule has 3 saturated carbocycles. The summed E-state index contributed by atoms with van der Waals surface area (Å²) >= 11 is 0. The van der Waals surface area contributed by atoms with E-state index < -0.39 is 0 Å². The Balaban J connectivity index is 1.54. The zero-order valence-electron chi connectivity index (χ0n) is 19.7. The van der Waals surface area contributed by atoms with Gasteiger partial charge in [0.25, 0.3) is 0 Å². The van der Waals surface area contributed by atoms with Crippen molar-refractivity contribution in [1.82, 2.24) is 0 Å². The van der Waals surface area contributed by atoms with Gasteiger partial charge in [-0.1, -0.05) is 65.0 Å². The molecule has 166 valence electrons. The third-order valence-corrected chi connectivity index (χ3v) is 10.2. The van der Waals surface area contributed by atoms with Crippen molar-refractivity contribution in [3.05, 3.63) is 11.1 Å². The number of rotatable bonds is 5. The van der Waals surface area contributed by atoms with E-state index in [1.165, 1.54) is 44.9 Å². The predicted octanol–water partition coefficient (Wildman–Crippen LogP) is 6.50. The highest BCUT2D eigenvalue weighted by Crippen LogP contribution is 2.65. The fourth-order valence-electron chi connectivity index (χ4n) is 8.50. The van der Waals surface area contributed by atoms with Crippen molar-refractivity contribution in [3.63, 3.8) is 0 Å². The van der Waals surface area contributed by atoms with E-state index in [0.717, 1.165) is 49.4 Å². The number of aliphatic hydroxyl groups is 2. The van der Waals surface area contributed by atoms with E-state index in [4.69, 9.17) is 0 Å². The van der Waals surface area contributed by atoms with Crippen LogP contribution in [0.4, 0.5) is 0 Å². The fourth-order valence-corrected chi connectivity index (χ4v) is 8.50. The Labute approximate surface area is 179 Å². The quantitative estimate of drug-likeness (QED) is 0.515. The van der Waals surface area contributed by atoms with Gasteiger partial charge < -0.3 is 10.2 Å². The summed E-state index contributed by atoms with van der Waals surface area (Å²) in [5.74, 6) is 3.90. The lowest BCUT2D eigenvalue weighted by atomic mass is 9.50. The SMILES string of the molecule is CC(C)CCC[C@@H](C)[C@@H]1CC[C@H]2[C@@H]3C[C@@H](O)[C@@]4(C)C[C@@H](O)CCC4=C3CC[C@]12C. The monoisotopic (exact) mass is 402 g/mol. The number of aliphatic hydroxyl groups excluding tert-OH is 2. The molecule has 0 bridgehead atoms. The molecular formula is C27H46O2. The van der Waals surface area contributed by atoms with Crippen LogP contribution < -0.4 is 0 Å². The van der Waals surface area contributed by atoms with Crippen molar-refractivity contribution < 1.29 is 10.2 Å². The molecule has 0 radical (unpaired) electrons. The third kappa shape index (κ3) is 3.65. The van der Waals surface area contributed by atoms with Gasteiger partial charge in [0, 0.05) is 5.41 Å². The Morgan fingerprint density at radius 1 is 1.00 bits per heavy atom. The van der Waals surface area contributed by atoms with Crippen LogP contribution in [0.25, 0.3) is 0 Å².